The summed E-state index contributed by atoms with van der Waals surface area (Å²) >= 11 is 0. The molecule has 6 heteroatoms. The molecule has 1 aromatic carbocycles. The molecule has 0 aliphatic carbocycles. The van der Waals surface area contributed by atoms with Crippen molar-refractivity contribution in [3.8, 4) is 0 Å². The quantitative estimate of drug-likeness (QED) is 0.635. The summed E-state index contributed by atoms with van der Waals surface area (Å²) in [6.45, 7) is 7.61. The van der Waals surface area contributed by atoms with Crippen LogP contribution in [0.3, 0.4) is 0 Å². The molecule has 0 unspecified atom stereocenters. The van der Waals surface area contributed by atoms with Crippen LogP contribution in [0.1, 0.15) is 12.8 Å². The molecule has 6 nitrogen and oxygen atoms in total. The zero-order valence-corrected chi connectivity index (χ0v) is 13.1. The van der Waals surface area contributed by atoms with Crippen LogP contribution in [0, 0.1) is 0 Å². The molecule has 2 heterocycles. The van der Waals surface area contributed by atoms with Crippen molar-refractivity contribution >= 4 is 21.5 Å². The van der Waals surface area contributed by atoms with Crippen LogP contribution in [0.5, 0.6) is 0 Å². The van der Waals surface area contributed by atoms with E-state index in [1.54, 1.807) is 12.2 Å². The fraction of sp³-hybridized carbons (Fsp3) is 0.222. The Hall–Kier alpha value is -3.02. The summed E-state index contributed by atoms with van der Waals surface area (Å²) in [6, 6.07) is 2.74. The summed E-state index contributed by atoms with van der Waals surface area (Å²) in [6.07, 6.45) is 4.21. The molecule has 24 heavy (non-hydrogen) atoms. The van der Waals surface area contributed by atoms with E-state index in [9.17, 15) is 19.2 Å². The number of nitrogens with zero attached hydrogens (tertiary/aromatic N) is 2. The molecule has 0 bridgehead atoms. The lowest BCUT2D eigenvalue weighted by atomic mass is 10.1. The van der Waals surface area contributed by atoms with Crippen LogP contribution >= 0.6 is 0 Å². The van der Waals surface area contributed by atoms with E-state index >= 15 is 0 Å². The second kappa shape index (κ2) is 5.88. The topological polar surface area (TPSA) is 78.1 Å². The first-order valence-corrected chi connectivity index (χ1v) is 7.63. The SMILES string of the molecule is C=CCCn1c(=O)c2cc3c(=O)n(CCC=C)c(=O)c3cc2c1=O. The van der Waals surface area contributed by atoms with Crippen LogP contribution < -0.4 is 22.2 Å². The van der Waals surface area contributed by atoms with Gasteiger partial charge in [0.15, 0.2) is 0 Å². The maximum Gasteiger partial charge on any atom is 0.261 e. The Labute approximate surface area is 136 Å². The number of rotatable bonds is 6. The van der Waals surface area contributed by atoms with Gasteiger partial charge in [0, 0.05) is 13.1 Å². The molecule has 0 radical (unpaired) electrons. The molecular formula is C18H16N2O4. The Morgan fingerprint density at radius 3 is 1.21 bits per heavy atom. The Morgan fingerprint density at radius 1 is 0.667 bits per heavy atom. The van der Waals surface area contributed by atoms with Crippen molar-refractivity contribution < 1.29 is 0 Å². The van der Waals surface area contributed by atoms with Crippen LogP contribution in [0.4, 0.5) is 0 Å². The standard InChI is InChI=1S/C18H16N2O4/c1-3-5-7-19-15(21)11-9-13-14(10-12(11)16(19)22)18(24)20(17(13)23)8-6-4-2/h3-4,9-10H,1-2,5-8H2. The summed E-state index contributed by atoms with van der Waals surface area (Å²) in [7, 11) is 0. The fourth-order valence-electron chi connectivity index (χ4n) is 2.92. The minimum absolute atomic E-state index is 0.175. The summed E-state index contributed by atoms with van der Waals surface area (Å²) in [4.78, 5) is 49.6. The number of hydrogen-bond donors (Lipinski definition) is 0. The second-order valence-electron chi connectivity index (χ2n) is 5.62. The molecule has 0 saturated carbocycles. The summed E-state index contributed by atoms with van der Waals surface area (Å²) < 4.78 is 2.23. The van der Waals surface area contributed by atoms with Gasteiger partial charge in [-0.2, -0.15) is 0 Å². The van der Waals surface area contributed by atoms with Crippen LogP contribution in [0.2, 0.25) is 0 Å². The van der Waals surface area contributed by atoms with E-state index in [1.807, 2.05) is 0 Å². The summed E-state index contributed by atoms with van der Waals surface area (Å²) in [5, 5.41) is 0.702. The van der Waals surface area contributed by atoms with Crippen LogP contribution in [-0.4, -0.2) is 9.13 Å². The van der Waals surface area contributed by atoms with Gasteiger partial charge in [-0.15, -0.1) is 13.2 Å². The normalized spacial score (nSPS) is 11.3. The van der Waals surface area contributed by atoms with Gasteiger partial charge in [-0.1, -0.05) is 12.2 Å². The molecule has 0 fully saturated rings. The molecule has 3 rings (SSSR count). The second-order valence-corrected chi connectivity index (χ2v) is 5.62. The highest BCUT2D eigenvalue weighted by Crippen LogP contribution is 2.14. The molecule has 0 aliphatic heterocycles. The van der Waals surface area contributed by atoms with E-state index in [1.165, 1.54) is 12.1 Å². The fourth-order valence-corrected chi connectivity index (χ4v) is 2.92. The Bertz CT molecular complexity index is 1000. The first-order chi connectivity index (χ1) is 11.5. The first kappa shape index (κ1) is 15.9. The highest BCUT2D eigenvalue weighted by Gasteiger charge is 2.18. The monoisotopic (exact) mass is 324 g/mol. The van der Waals surface area contributed by atoms with Crippen molar-refractivity contribution in [1.29, 1.82) is 0 Å². The van der Waals surface area contributed by atoms with Crippen molar-refractivity contribution in [2.45, 2.75) is 25.9 Å². The van der Waals surface area contributed by atoms with Crippen LogP contribution in [-0.2, 0) is 13.1 Å². The third-order valence-corrected chi connectivity index (χ3v) is 4.17. The molecule has 0 spiro atoms. The van der Waals surface area contributed by atoms with E-state index < -0.39 is 22.2 Å². The third kappa shape index (κ3) is 2.19. The molecular weight excluding hydrogens is 308 g/mol. The summed E-state index contributed by atoms with van der Waals surface area (Å²) in [5.74, 6) is 0. The minimum Gasteiger partial charge on any atom is -0.274 e. The minimum atomic E-state index is -0.440. The Kier molecular flexibility index (Phi) is 3.89. The average Bonchev–Trinajstić information content (AvgIpc) is 2.95. The van der Waals surface area contributed by atoms with Gasteiger partial charge in [0.05, 0.1) is 21.5 Å². The predicted molar refractivity (Wildman–Crippen MR) is 94.5 cm³/mol. The van der Waals surface area contributed by atoms with E-state index in [2.05, 4.69) is 13.2 Å². The van der Waals surface area contributed by atoms with E-state index in [0.717, 1.165) is 9.13 Å². The van der Waals surface area contributed by atoms with Crippen molar-refractivity contribution in [2.24, 2.45) is 0 Å². The lowest BCUT2D eigenvalue weighted by molar-refractivity contribution is 0.676. The zero-order valence-electron chi connectivity index (χ0n) is 13.1. The molecule has 0 aliphatic rings. The Balaban J connectivity index is 2.34. The third-order valence-electron chi connectivity index (χ3n) is 4.17. The molecule has 0 saturated heterocycles. The van der Waals surface area contributed by atoms with E-state index in [-0.39, 0.29) is 34.6 Å². The smallest absolute Gasteiger partial charge is 0.261 e. The largest absolute Gasteiger partial charge is 0.274 e. The molecule has 0 N–H and O–H groups in total. The van der Waals surface area contributed by atoms with Crippen molar-refractivity contribution in [3.05, 3.63) is 78.9 Å². The van der Waals surface area contributed by atoms with Gasteiger partial charge in [-0.25, -0.2) is 0 Å². The van der Waals surface area contributed by atoms with Crippen molar-refractivity contribution in [1.82, 2.24) is 9.13 Å². The number of aromatic nitrogens is 2. The maximum absolute atomic E-state index is 12.4. The molecule has 0 amide bonds. The van der Waals surface area contributed by atoms with Crippen LogP contribution in [0.25, 0.3) is 21.5 Å². The maximum atomic E-state index is 12.4. The van der Waals surface area contributed by atoms with Gasteiger partial charge in [0.2, 0.25) is 0 Å². The van der Waals surface area contributed by atoms with Gasteiger partial charge in [0.25, 0.3) is 22.2 Å². The number of allylic oxidation sites excluding steroid dienone is 2. The lowest BCUT2D eigenvalue weighted by Gasteiger charge is -1.94. The van der Waals surface area contributed by atoms with Crippen LogP contribution in [0.15, 0.2) is 56.6 Å². The first-order valence-electron chi connectivity index (χ1n) is 7.63. The van der Waals surface area contributed by atoms with Crippen molar-refractivity contribution in [3.63, 3.8) is 0 Å². The lowest BCUT2D eigenvalue weighted by Crippen LogP contribution is -2.25. The molecule has 122 valence electrons. The van der Waals surface area contributed by atoms with Gasteiger partial charge >= 0.3 is 0 Å². The number of fused-ring (bicyclic) bond motifs is 2. The Morgan fingerprint density at radius 2 is 0.958 bits per heavy atom. The van der Waals surface area contributed by atoms with Gasteiger partial charge in [-0.05, 0) is 25.0 Å². The molecule has 2 aromatic heterocycles. The summed E-state index contributed by atoms with van der Waals surface area (Å²) in [5.41, 5.74) is -1.76. The van der Waals surface area contributed by atoms with E-state index in [0.29, 0.717) is 12.8 Å². The number of hydrogen-bond acceptors (Lipinski definition) is 4. The zero-order chi connectivity index (χ0) is 17.4. The highest BCUT2D eigenvalue weighted by atomic mass is 16.2. The average molecular weight is 324 g/mol. The number of benzene rings is 1. The van der Waals surface area contributed by atoms with Crippen molar-refractivity contribution in [2.75, 3.05) is 0 Å². The van der Waals surface area contributed by atoms with E-state index in [4.69, 9.17) is 0 Å². The van der Waals surface area contributed by atoms with Gasteiger partial charge in [-0.3, -0.25) is 28.3 Å². The predicted octanol–water partition coefficient (Wildman–Crippen LogP) is 1.06. The highest BCUT2D eigenvalue weighted by molar-refractivity contribution is 5.97. The molecule has 0 atom stereocenters. The molecule has 3 aromatic rings. The van der Waals surface area contributed by atoms with Gasteiger partial charge < -0.3 is 0 Å². The van der Waals surface area contributed by atoms with Gasteiger partial charge in [0.1, 0.15) is 0 Å².